The number of aromatic nitrogens is 3. The number of benzene rings is 1. The second kappa shape index (κ2) is 7.67. The van der Waals surface area contributed by atoms with Crippen LogP contribution in [0.3, 0.4) is 0 Å². The molecule has 4 rings (SSSR count). The van der Waals surface area contributed by atoms with Crippen LogP contribution in [0, 0.1) is 0 Å². The molecule has 8 nitrogen and oxygen atoms in total. The first-order valence-corrected chi connectivity index (χ1v) is 11.1. The van der Waals surface area contributed by atoms with Gasteiger partial charge in [-0.05, 0) is 36.2 Å². The molecular weight excluding hydrogens is 390 g/mol. The van der Waals surface area contributed by atoms with Crippen LogP contribution >= 0.6 is 0 Å². The normalized spacial score (nSPS) is 15.5. The van der Waals surface area contributed by atoms with Gasteiger partial charge in [-0.2, -0.15) is 0 Å². The molecular formula is C20H21N5O3S. The first kappa shape index (κ1) is 19.1. The fourth-order valence-electron chi connectivity index (χ4n) is 3.62. The molecule has 1 atom stereocenters. The van der Waals surface area contributed by atoms with Crippen molar-refractivity contribution in [3.8, 4) is 5.69 Å². The molecule has 0 bridgehead atoms. The number of amides is 1. The number of carbonyl (C=O) groups excluding carboxylic acids is 1. The summed E-state index contributed by atoms with van der Waals surface area (Å²) in [6.07, 6.45) is 8.62. The summed E-state index contributed by atoms with van der Waals surface area (Å²) in [6.45, 7) is 0.458. The molecule has 1 unspecified atom stereocenters. The Hall–Kier alpha value is -3.20. The molecule has 2 aromatic heterocycles. The Balaban J connectivity index is 1.56. The Bertz CT molecular complexity index is 1130. The molecule has 3 heterocycles. The number of nitrogens with zero attached hydrogens (tertiary/aromatic N) is 4. The van der Waals surface area contributed by atoms with Crippen LogP contribution in [0.5, 0.6) is 0 Å². The van der Waals surface area contributed by atoms with Crippen LogP contribution in [0.4, 0.5) is 5.69 Å². The Kier molecular flexibility index (Phi) is 5.06. The van der Waals surface area contributed by atoms with E-state index in [2.05, 4.69) is 15.3 Å². The highest BCUT2D eigenvalue weighted by Gasteiger charge is 2.38. The van der Waals surface area contributed by atoms with Crippen LogP contribution < -0.4 is 9.62 Å². The monoisotopic (exact) mass is 411 g/mol. The Morgan fingerprint density at radius 3 is 2.55 bits per heavy atom. The lowest BCUT2D eigenvalue weighted by atomic mass is 10.1. The number of nitrogens with one attached hydrogen (secondary N) is 1. The quantitative estimate of drug-likeness (QED) is 0.668. The van der Waals surface area contributed by atoms with E-state index in [1.165, 1.54) is 4.31 Å². The third kappa shape index (κ3) is 3.86. The lowest BCUT2D eigenvalue weighted by Crippen LogP contribution is -2.41. The molecule has 0 radical (unpaired) electrons. The second-order valence-electron chi connectivity index (χ2n) is 6.88. The molecule has 0 saturated carbocycles. The van der Waals surface area contributed by atoms with E-state index in [4.69, 9.17) is 0 Å². The largest absolute Gasteiger partial charge is 0.356 e. The fraction of sp³-hybridized carbons (Fsp3) is 0.250. The van der Waals surface area contributed by atoms with Crippen LogP contribution in [0.25, 0.3) is 5.69 Å². The minimum absolute atomic E-state index is 0.0191. The number of sulfonamides is 1. The minimum atomic E-state index is -3.63. The number of hydrogen-bond acceptors (Lipinski definition) is 5. The lowest BCUT2D eigenvalue weighted by Gasteiger charge is -2.36. The van der Waals surface area contributed by atoms with Gasteiger partial charge in [-0.1, -0.05) is 12.1 Å². The van der Waals surface area contributed by atoms with E-state index >= 15 is 0 Å². The molecule has 3 aromatic rings. The molecule has 1 amide bonds. The average Bonchev–Trinajstić information content (AvgIpc) is 3.18. The van der Waals surface area contributed by atoms with Crippen molar-refractivity contribution >= 4 is 21.6 Å². The van der Waals surface area contributed by atoms with Crippen molar-refractivity contribution in [2.45, 2.75) is 18.9 Å². The van der Waals surface area contributed by atoms with Crippen molar-refractivity contribution in [3.05, 3.63) is 72.6 Å². The van der Waals surface area contributed by atoms with Crippen molar-refractivity contribution in [2.24, 2.45) is 0 Å². The van der Waals surface area contributed by atoms with Crippen molar-refractivity contribution in [1.82, 2.24) is 19.9 Å². The maximum Gasteiger partial charge on any atom is 0.233 e. The van der Waals surface area contributed by atoms with E-state index in [0.717, 1.165) is 17.5 Å². The smallest absolute Gasteiger partial charge is 0.233 e. The zero-order valence-corrected chi connectivity index (χ0v) is 16.7. The molecule has 0 spiro atoms. The van der Waals surface area contributed by atoms with E-state index < -0.39 is 16.1 Å². The van der Waals surface area contributed by atoms with Crippen LogP contribution in [-0.4, -0.2) is 41.7 Å². The van der Waals surface area contributed by atoms with Crippen LogP contribution in [0.1, 0.15) is 23.9 Å². The maximum atomic E-state index is 12.6. The van der Waals surface area contributed by atoms with Gasteiger partial charge in [0.05, 0.1) is 24.1 Å². The van der Waals surface area contributed by atoms with Crippen LogP contribution in [0.2, 0.25) is 0 Å². The van der Waals surface area contributed by atoms with Gasteiger partial charge in [0.15, 0.2) is 0 Å². The zero-order chi connectivity index (χ0) is 20.4. The standard InChI is InChI=1S/C20H21N5O3S/c1-29(27,28)25-17-5-3-2-4-16(17)24-13-12-23-20(24)18(25)14-19(26)22-11-8-15-6-9-21-10-7-15/h2-7,9-10,12-13,18H,8,11,14H2,1H3,(H,22,26). The fourth-order valence-corrected chi connectivity index (χ4v) is 4.76. The predicted molar refractivity (Wildman–Crippen MR) is 109 cm³/mol. The SMILES string of the molecule is CS(=O)(=O)N1c2ccccc2-n2ccnc2C1CC(=O)NCCc1ccncc1. The summed E-state index contributed by atoms with van der Waals surface area (Å²) >= 11 is 0. The topological polar surface area (TPSA) is 97.2 Å². The molecule has 9 heteroatoms. The predicted octanol–water partition coefficient (Wildman–Crippen LogP) is 1.84. The van der Waals surface area contributed by atoms with Crippen molar-refractivity contribution in [1.29, 1.82) is 0 Å². The highest BCUT2D eigenvalue weighted by molar-refractivity contribution is 7.92. The van der Waals surface area contributed by atoms with Crippen molar-refractivity contribution in [3.63, 3.8) is 0 Å². The second-order valence-corrected chi connectivity index (χ2v) is 8.74. The summed E-state index contributed by atoms with van der Waals surface area (Å²) in [5.41, 5.74) is 2.33. The number of pyridine rings is 1. The molecule has 0 fully saturated rings. The molecule has 1 aliphatic rings. The molecule has 1 aromatic carbocycles. The summed E-state index contributed by atoms with van der Waals surface area (Å²) in [7, 11) is -3.63. The van der Waals surface area contributed by atoms with Gasteiger partial charge in [-0.15, -0.1) is 0 Å². The molecule has 1 aliphatic heterocycles. The van der Waals surface area contributed by atoms with Gasteiger partial charge in [0.25, 0.3) is 0 Å². The van der Waals surface area contributed by atoms with Crippen LogP contribution in [0.15, 0.2) is 61.2 Å². The number of imidazole rings is 1. The van der Waals surface area contributed by atoms with Crippen molar-refractivity contribution in [2.75, 3.05) is 17.1 Å². The molecule has 0 saturated heterocycles. The average molecular weight is 411 g/mol. The Morgan fingerprint density at radius 1 is 1.10 bits per heavy atom. The number of carbonyl (C=O) groups is 1. The first-order valence-electron chi connectivity index (χ1n) is 9.23. The van der Waals surface area contributed by atoms with E-state index in [1.807, 2.05) is 28.8 Å². The number of para-hydroxylation sites is 2. The van der Waals surface area contributed by atoms with Gasteiger partial charge in [-0.25, -0.2) is 13.4 Å². The highest BCUT2D eigenvalue weighted by atomic mass is 32.2. The van der Waals surface area contributed by atoms with Gasteiger partial charge in [0.1, 0.15) is 11.9 Å². The van der Waals surface area contributed by atoms with Crippen molar-refractivity contribution < 1.29 is 13.2 Å². The lowest BCUT2D eigenvalue weighted by molar-refractivity contribution is -0.121. The number of rotatable bonds is 6. The van der Waals surface area contributed by atoms with E-state index in [9.17, 15) is 13.2 Å². The molecule has 1 N–H and O–H groups in total. The molecule has 150 valence electrons. The summed E-state index contributed by atoms with van der Waals surface area (Å²) in [5.74, 6) is 0.296. The van der Waals surface area contributed by atoms with Gasteiger partial charge >= 0.3 is 0 Å². The summed E-state index contributed by atoms with van der Waals surface area (Å²) in [5, 5.41) is 2.88. The zero-order valence-electron chi connectivity index (χ0n) is 15.9. The number of hydrogen-bond donors (Lipinski definition) is 1. The first-order chi connectivity index (χ1) is 13.9. The van der Waals surface area contributed by atoms with Crippen LogP contribution in [-0.2, 0) is 21.2 Å². The minimum Gasteiger partial charge on any atom is -0.356 e. The Morgan fingerprint density at radius 2 is 1.83 bits per heavy atom. The molecule has 29 heavy (non-hydrogen) atoms. The van der Waals surface area contributed by atoms with Gasteiger partial charge in [-0.3, -0.25) is 18.7 Å². The summed E-state index contributed by atoms with van der Waals surface area (Å²) < 4.78 is 28.4. The summed E-state index contributed by atoms with van der Waals surface area (Å²) in [4.78, 5) is 21.0. The van der Waals surface area contributed by atoms with E-state index in [-0.39, 0.29) is 12.3 Å². The van der Waals surface area contributed by atoms with E-state index in [0.29, 0.717) is 24.5 Å². The third-order valence-electron chi connectivity index (χ3n) is 4.85. The summed E-state index contributed by atoms with van der Waals surface area (Å²) in [6, 6.07) is 10.3. The highest BCUT2D eigenvalue weighted by Crippen LogP contribution is 2.40. The number of fused-ring (bicyclic) bond motifs is 3. The number of anilines is 1. The van der Waals surface area contributed by atoms with Gasteiger partial charge in [0, 0.05) is 31.3 Å². The van der Waals surface area contributed by atoms with Gasteiger partial charge < -0.3 is 5.32 Å². The third-order valence-corrected chi connectivity index (χ3v) is 6.02. The van der Waals surface area contributed by atoms with E-state index in [1.54, 1.807) is 36.9 Å². The van der Waals surface area contributed by atoms with Gasteiger partial charge in [0.2, 0.25) is 15.9 Å². The Labute approximate surface area is 169 Å². The maximum absolute atomic E-state index is 12.6. The molecule has 0 aliphatic carbocycles.